The monoisotopic (exact) mass is 790 g/mol. The number of benzene rings is 4. The Morgan fingerprint density at radius 1 is 0.474 bits per heavy atom. The van der Waals surface area contributed by atoms with Gasteiger partial charge in [-0.25, -0.2) is 24.2 Å². The molecule has 0 amide bonds. The molecule has 0 saturated carbocycles. The van der Waals surface area contributed by atoms with Crippen molar-refractivity contribution in [2.75, 3.05) is 12.4 Å². The summed E-state index contributed by atoms with van der Waals surface area (Å²) in [6, 6.07) is 36.0. The third-order valence-corrected chi connectivity index (χ3v) is 9.94. The predicted molar refractivity (Wildman–Crippen MR) is 219 cm³/mol. The molecule has 0 bridgehead atoms. The van der Waals surface area contributed by atoms with Crippen LogP contribution >= 0.6 is 11.8 Å². The van der Waals surface area contributed by atoms with Crippen molar-refractivity contribution in [3.63, 3.8) is 0 Å². The Kier molecular flexibility index (Phi) is 15.4. The van der Waals surface area contributed by atoms with Crippen LogP contribution in [0.4, 0.5) is 0 Å². The van der Waals surface area contributed by atoms with Crippen LogP contribution in [0, 0.1) is 0 Å². The summed E-state index contributed by atoms with van der Waals surface area (Å²) in [6.45, 7) is 0.125. The Morgan fingerprint density at radius 3 is 1.25 bits per heavy atom. The summed E-state index contributed by atoms with van der Waals surface area (Å²) in [5.41, 5.74) is 5.73. The maximum Gasteiger partial charge on any atom is 0.332 e. The number of aliphatic carboxylic acids is 4. The fraction of sp³-hybridized carbons (Fsp3) is 0.256. The number of carboxylic acids is 4. The van der Waals surface area contributed by atoms with Crippen molar-refractivity contribution in [3.05, 3.63) is 144 Å². The van der Waals surface area contributed by atoms with Crippen molar-refractivity contribution in [1.29, 1.82) is 0 Å². The zero-order valence-electron chi connectivity index (χ0n) is 30.8. The van der Waals surface area contributed by atoms with E-state index in [9.17, 15) is 19.2 Å². The van der Waals surface area contributed by atoms with Crippen LogP contribution in [0.1, 0.15) is 54.4 Å². The summed E-state index contributed by atoms with van der Waals surface area (Å²) in [4.78, 5) is 59.3. The minimum atomic E-state index is -0.948. The summed E-state index contributed by atoms with van der Waals surface area (Å²) in [6.07, 6.45) is 3.40. The highest BCUT2D eigenvalue weighted by Crippen LogP contribution is 2.23. The molecular weight excluding hydrogens is 749 g/mol. The van der Waals surface area contributed by atoms with Gasteiger partial charge in [0, 0.05) is 28.3 Å². The third-order valence-electron chi connectivity index (χ3n) is 8.88. The van der Waals surface area contributed by atoms with Crippen molar-refractivity contribution in [1.82, 2.24) is 0 Å². The van der Waals surface area contributed by atoms with Gasteiger partial charge in [-0.1, -0.05) is 109 Å². The minimum absolute atomic E-state index is 0.125. The lowest BCUT2D eigenvalue weighted by Gasteiger charge is -2.16. The number of nitrogens with zero attached hydrogens (tertiary/aromatic N) is 4. The molecule has 0 spiro atoms. The molecule has 14 heteroatoms. The first kappa shape index (κ1) is 41.7. The summed E-state index contributed by atoms with van der Waals surface area (Å²) in [7, 11) is 0. The Morgan fingerprint density at radius 2 is 0.860 bits per heavy atom. The van der Waals surface area contributed by atoms with Crippen LogP contribution in [-0.2, 0) is 23.9 Å². The number of rotatable bonds is 8. The maximum atomic E-state index is 10.8. The van der Waals surface area contributed by atoms with Crippen molar-refractivity contribution in [2.24, 2.45) is 20.0 Å². The fourth-order valence-corrected chi connectivity index (χ4v) is 6.94. The number of aliphatic imine (C=N–C) groups is 4. The highest BCUT2D eigenvalue weighted by atomic mass is 32.2. The van der Waals surface area contributed by atoms with Gasteiger partial charge in [-0.05, 0) is 55.4 Å². The number of carboxylic acid groups (broad SMARTS) is 4. The molecule has 4 heterocycles. The fourth-order valence-electron chi connectivity index (χ4n) is 5.90. The summed E-state index contributed by atoms with van der Waals surface area (Å²) < 4.78 is 5.18. The van der Waals surface area contributed by atoms with Gasteiger partial charge in [0.15, 0.2) is 6.04 Å². The molecule has 0 aliphatic carbocycles. The Balaban J connectivity index is 0.000000145. The Hall–Kier alpha value is -6.41. The van der Waals surface area contributed by atoms with E-state index in [2.05, 4.69) is 20.0 Å². The molecule has 0 saturated heterocycles. The van der Waals surface area contributed by atoms with Crippen molar-refractivity contribution in [2.45, 2.75) is 56.3 Å². The second-order valence-corrected chi connectivity index (χ2v) is 14.0. The van der Waals surface area contributed by atoms with Gasteiger partial charge in [0.1, 0.15) is 24.7 Å². The summed E-state index contributed by atoms with van der Waals surface area (Å²) in [5.74, 6) is -2.19. The molecule has 0 aromatic heterocycles. The normalized spacial score (nSPS) is 20.5. The average molecular weight is 791 g/mol. The van der Waals surface area contributed by atoms with Gasteiger partial charge < -0.3 is 25.2 Å². The molecule has 4 atom stereocenters. The first-order valence-corrected chi connectivity index (χ1v) is 19.2. The second-order valence-electron chi connectivity index (χ2n) is 12.9. The van der Waals surface area contributed by atoms with Crippen molar-refractivity contribution < 1.29 is 44.3 Å². The molecule has 13 nitrogen and oxygen atoms in total. The number of carbonyl (C=O) groups is 4. The van der Waals surface area contributed by atoms with Crippen LogP contribution in [-0.4, -0.2) is 103 Å². The SMILES string of the molecule is O=C(O)C1CCC(c2ccccc2)=N1.O=C(O)C1CCC(c2ccccc2)=N1.O=C(O)C1CCSC(c2ccccc2)=N1.O=C(O)C1COC(c2ccccc2)=N1. The Labute approximate surface area is 333 Å². The molecule has 294 valence electrons. The van der Waals surface area contributed by atoms with E-state index < -0.39 is 48.0 Å². The number of hydrogen-bond acceptors (Lipinski definition) is 10. The molecule has 4 aliphatic rings. The van der Waals surface area contributed by atoms with Gasteiger partial charge in [0.25, 0.3) is 0 Å². The lowest BCUT2D eigenvalue weighted by Crippen LogP contribution is -2.24. The average Bonchev–Trinajstić information content (AvgIpc) is 4.06. The van der Waals surface area contributed by atoms with Crippen LogP contribution in [0.5, 0.6) is 0 Å². The van der Waals surface area contributed by atoms with Crippen molar-refractivity contribution >= 4 is 58.0 Å². The first-order chi connectivity index (χ1) is 27.6. The van der Waals surface area contributed by atoms with Gasteiger partial charge in [-0.15, -0.1) is 11.8 Å². The zero-order chi connectivity index (χ0) is 40.6. The predicted octanol–water partition coefficient (Wildman–Crippen LogP) is 6.39. The molecule has 8 rings (SSSR count). The van der Waals surface area contributed by atoms with E-state index in [0.717, 1.165) is 57.3 Å². The van der Waals surface area contributed by atoms with Crippen LogP contribution in [0.2, 0.25) is 0 Å². The van der Waals surface area contributed by atoms with Gasteiger partial charge in [0.05, 0.1) is 5.04 Å². The van der Waals surface area contributed by atoms with Gasteiger partial charge in [-0.3, -0.25) is 15.0 Å². The molecular formula is C43H42N4O9S. The number of thioether (sulfide) groups is 1. The van der Waals surface area contributed by atoms with E-state index in [1.54, 1.807) is 11.8 Å². The molecule has 0 radical (unpaired) electrons. The van der Waals surface area contributed by atoms with Crippen LogP contribution in [0.3, 0.4) is 0 Å². The summed E-state index contributed by atoms with van der Waals surface area (Å²) in [5, 5.41) is 36.0. The lowest BCUT2D eigenvalue weighted by molar-refractivity contribution is -0.139. The quantitative estimate of drug-likeness (QED) is 0.155. The second kappa shape index (κ2) is 21.0. The van der Waals surface area contributed by atoms with Gasteiger partial charge in [0.2, 0.25) is 5.90 Å². The van der Waals surface area contributed by atoms with E-state index in [0.29, 0.717) is 25.2 Å². The lowest BCUT2D eigenvalue weighted by atomic mass is 10.1. The molecule has 4 N–H and O–H groups in total. The van der Waals surface area contributed by atoms with E-state index in [-0.39, 0.29) is 6.61 Å². The van der Waals surface area contributed by atoms with Crippen molar-refractivity contribution in [3.8, 4) is 0 Å². The van der Waals surface area contributed by atoms with E-state index in [1.165, 1.54) is 0 Å². The number of ether oxygens (including phenoxy) is 1. The molecule has 4 aromatic carbocycles. The van der Waals surface area contributed by atoms with Gasteiger partial charge in [-0.2, -0.15) is 0 Å². The summed E-state index contributed by atoms with van der Waals surface area (Å²) >= 11 is 1.62. The van der Waals surface area contributed by atoms with E-state index >= 15 is 0 Å². The van der Waals surface area contributed by atoms with Crippen LogP contribution < -0.4 is 0 Å². The Bertz CT molecular complexity index is 1930. The molecule has 4 unspecified atom stereocenters. The zero-order valence-corrected chi connectivity index (χ0v) is 31.6. The van der Waals surface area contributed by atoms with Gasteiger partial charge >= 0.3 is 23.9 Å². The van der Waals surface area contributed by atoms with Crippen LogP contribution in [0.25, 0.3) is 0 Å². The van der Waals surface area contributed by atoms with E-state index in [4.69, 9.17) is 25.2 Å². The number of hydrogen-bond donors (Lipinski definition) is 4. The minimum Gasteiger partial charge on any atom is -0.480 e. The highest BCUT2D eigenvalue weighted by Gasteiger charge is 2.27. The molecule has 57 heavy (non-hydrogen) atoms. The largest absolute Gasteiger partial charge is 0.480 e. The maximum absolute atomic E-state index is 10.8. The standard InChI is InChI=1S/C11H11NO2S.2C11H11NO2.C10H9NO3/c13-11(14)9-6-7-15-10(12-9)8-4-2-1-3-5-8;2*13-11(14)10-7-6-9(12-10)8-4-2-1-3-5-8;12-10(13)8-6-14-9(11-8)7-4-2-1-3-5-7/h1-5,9H,6-7H2,(H,13,14);2*1-5,10H,6-7H2,(H,13,14);1-5,8H,6H2,(H,12,13). The third kappa shape index (κ3) is 12.6. The van der Waals surface area contributed by atoms with E-state index in [1.807, 2.05) is 121 Å². The van der Waals surface area contributed by atoms with Crippen LogP contribution in [0.15, 0.2) is 141 Å². The highest BCUT2D eigenvalue weighted by molar-refractivity contribution is 8.14. The smallest absolute Gasteiger partial charge is 0.332 e. The first-order valence-electron chi connectivity index (χ1n) is 18.3. The molecule has 4 aromatic rings. The molecule has 4 aliphatic heterocycles. The molecule has 0 fully saturated rings. The topological polar surface area (TPSA) is 208 Å².